The largest absolute Gasteiger partial charge is 0.481 e. The number of benzene rings is 1. The number of nitrogens with one attached hydrogen (secondary N) is 1. The number of carboxylic acids is 1. The molecule has 1 saturated carbocycles. The summed E-state index contributed by atoms with van der Waals surface area (Å²) >= 11 is 0. The molecular weight excluding hydrogens is 228 g/mol. The van der Waals surface area contributed by atoms with Crippen LogP contribution in [-0.4, -0.2) is 21.0 Å². The molecule has 1 aromatic heterocycles. The van der Waals surface area contributed by atoms with Crippen LogP contribution < -0.4 is 0 Å². The Balaban J connectivity index is 1.93. The average Bonchev–Trinajstić information content (AvgIpc) is 2.95. The van der Waals surface area contributed by atoms with Crippen molar-refractivity contribution in [2.24, 2.45) is 5.41 Å². The summed E-state index contributed by atoms with van der Waals surface area (Å²) in [5.41, 5.74) is 1.28. The molecule has 1 aliphatic carbocycles. The maximum absolute atomic E-state index is 11.5. The zero-order chi connectivity index (χ0) is 12.6. The molecule has 0 saturated heterocycles. The lowest BCUT2D eigenvalue weighted by atomic mass is 9.82. The number of carboxylic acid groups (broad SMARTS) is 1. The summed E-state index contributed by atoms with van der Waals surface area (Å²) in [6.45, 7) is 0. The van der Waals surface area contributed by atoms with Gasteiger partial charge in [0.2, 0.25) is 0 Å². The van der Waals surface area contributed by atoms with E-state index in [0.29, 0.717) is 6.42 Å². The summed E-state index contributed by atoms with van der Waals surface area (Å²) in [7, 11) is 0. The highest BCUT2D eigenvalue weighted by molar-refractivity contribution is 5.77. The van der Waals surface area contributed by atoms with E-state index >= 15 is 0 Å². The lowest BCUT2D eigenvalue weighted by Gasteiger charge is -2.22. The number of para-hydroxylation sites is 2. The Kier molecular flexibility index (Phi) is 2.58. The standard InChI is InChI=1S/C14H16N2O2/c17-13(18)14(7-3-4-8-14)9-12-15-10-5-1-2-6-11(10)16-12/h1-2,5-6H,3-4,7-9H2,(H,15,16)(H,17,18). The minimum atomic E-state index is -0.680. The van der Waals surface area contributed by atoms with E-state index < -0.39 is 11.4 Å². The summed E-state index contributed by atoms with van der Waals surface area (Å²) in [6.07, 6.45) is 4.05. The van der Waals surface area contributed by atoms with Crippen LogP contribution in [0.5, 0.6) is 0 Å². The van der Waals surface area contributed by atoms with E-state index in [-0.39, 0.29) is 0 Å². The number of carbonyl (C=O) groups is 1. The fourth-order valence-electron chi connectivity index (χ4n) is 2.93. The van der Waals surface area contributed by atoms with Crippen molar-refractivity contribution < 1.29 is 9.90 Å². The van der Waals surface area contributed by atoms with Crippen molar-refractivity contribution in [3.63, 3.8) is 0 Å². The molecule has 0 unspecified atom stereocenters. The Hall–Kier alpha value is -1.84. The third-order valence-electron chi connectivity index (χ3n) is 3.96. The van der Waals surface area contributed by atoms with Gasteiger partial charge in [-0.05, 0) is 25.0 Å². The number of aromatic amines is 1. The van der Waals surface area contributed by atoms with Crippen molar-refractivity contribution >= 4 is 17.0 Å². The fourth-order valence-corrected chi connectivity index (χ4v) is 2.93. The third-order valence-corrected chi connectivity index (χ3v) is 3.96. The van der Waals surface area contributed by atoms with Crippen LogP contribution in [-0.2, 0) is 11.2 Å². The molecule has 0 radical (unpaired) electrons. The quantitative estimate of drug-likeness (QED) is 0.872. The first-order valence-corrected chi connectivity index (χ1v) is 6.37. The number of aromatic nitrogens is 2. The first-order valence-electron chi connectivity index (χ1n) is 6.37. The van der Waals surface area contributed by atoms with Gasteiger partial charge >= 0.3 is 5.97 Å². The molecule has 1 aliphatic rings. The molecule has 1 heterocycles. The number of nitrogens with zero attached hydrogens (tertiary/aromatic N) is 1. The van der Waals surface area contributed by atoms with Crippen LogP contribution in [0.25, 0.3) is 11.0 Å². The van der Waals surface area contributed by atoms with E-state index in [4.69, 9.17) is 0 Å². The van der Waals surface area contributed by atoms with E-state index in [1.54, 1.807) is 0 Å². The zero-order valence-electron chi connectivity index (χ0n) is 10.1. The zero-order valence-corrected chi connectivity index (χ0v) is 10.1. The Bertz CT molecular complexity index is 549. The molecule has 4 heteroatoms. The molecule has 94 valence electrons. The number of aliphatic carboxylic acids is 1. The number of H-pyrrole nitrogens is 1. The van der Waals surface area contributed by atoms with Crippen LogP contribution in [0.3, 0.4) is 0 Å². The fraction of sp³-hybridized carbons (Fsp3) is 0.429. The molecule has 18 heavy (non-hydrogen) atoms. The van der Waals surface area contributed by atoms with Crippen molar-refractivity contribution in [2.75, 3.05) is 0 Å². The third kappa shape index (κ3) is 1.78. The highest BCUT2D eigenvalue weighted by Gasteiger charge is 2.42. The highest BCUT2D eigenvalue weighted by atomic mass is 16.4. The number of hydrogen-bond acceptors (Lipinski definition) is 2. The van der Waals surface area contributed by atoms with Crippen LogP contribution in [0, 0.1) is 5.41 Å². The molecule has 2 N–H and O–H groups in total. The minimum absolute atomic E-state index is 0.511. The molecule has 0 aliphatic heterocycles. The van der Waals surface area contributed by atoms with Crippen LogP contribution in [0.2, 0.25) is 0 Å². The van der Waals surface area contributed by atoms with Crippen molar-refractivity contribution in [3.05, 3.63) is 30.1 Å². The predicted molar refractivity (Wildman–Crippen MR) is 68.3 cm³/mol. The Morgan fingerprint density at radius 2 is 2.06 bits per heavy atom. The molecule has 0 atom stereocenters. The Labute approximate surface area is 105 Å². The molecule has 2 aromatic rings. The van der Waals surface area contributed by atoms with Gasteiger partial charge in [-0.2, -0.15) is 0 Å². The monoisotopic (exact) mass is 244 g/mol. The molecule has 1 aromatic carbocycles. The van der Waals surface area contributed by atoms with Gasteiger partial charge in [-0.1, -0.05) is 25.0 Å². The number of fused-ring (bicyclic) bond motifs is 1. The van der Waals surface area contributed by atoms with E-state index in [2.05, 4.69) is 9.97 Å². The van der Waals surface area contributed by atoms with E-state index in [1.807, 2.05) is 24.3 Å². The summed E-state index contributed by atoms with van der Waals surface area (Å²) < 4.78 is 0. The predicted octanol–water partition coefficient (Wildman–Crippen LogP) is 2.75. The molecule has 4 nitrogen and oxygen atoms in total. The maximum Gasteiger partial charge on any atom is 0.310 e. The second-order valence-corrected chi connectivity index (χ2v) is 5.17. The molecule has 0 bridgehead atoms. The summed E-state index contributed by atoms with van der Waals surface area (Å²) in [5, 5.41) is 9.46. The van der Waals surface area contributed by atoms with Gasteiger partial charge in [0.1, 0.15) is 5.82 Å². The lowest BCUT2D eigenvalue weighted by Crippen LogP contribution is -2.30. The van der Waals surface area contributed by atoms with Crippen molar-refractivity contribution in [3.8, 4) is 0 Å². The van der Waals surface area contributed by atoms with Gasteiger partial charge in [-0.3, -0.25) is 4.79 Å². The van der Waals surface area contributed by atoms with Gasteiger partial charge in [0.25, 0.3) is 0 Å². The normalized spacial score (nSPS) is 18.2. The molecule has 0 amide bonds. The first-order chi connectivity index (χ1) is 8.70. The van der Waals surface area contributed by atoms with E-state index in [1.165, 1.54) is 0 Å². The SMILES string of the molecule is O=C(O)C1(Cc2nc3ccccc3[nH]2)CCCC1. The second kappa shape index (κ2) is 4.12. The minimum Gasteiger partial charge on any atom is -0.481 e. The molecule has 0 spiro atoms. The first kappa shape index (κ1) is 11.3. The van der Waals surface area contributed by atoms with E-state index in [9.17, 15) is 9.90 Å². The smallest absolute Gasteiger partial charge is 0.310 e. The van der Waals surface area contributed by atoms with Crippen LogP contribution in [0.1, 0.15) is 31.5 Å². The Morgan fingerprint density at radius 1 is 1.33 bits per heavy atom. The summed E-state index contributed by atoms with van der Waals surface area (Å²) in [4.78, 5) is 19.2. The highest BCUT2D eigenvalue weighted by Crippen LogP contribution is 2.40. The van der Waals surface area contributed by atoms with Crippen molar-refractivity contribution in [2.45, 2.75) is 32.1 Å². The molecular formula is C14H16N2O2. The molecule has 3 rings (SSSR count). The number of imidazole rings is 1. The van der Waals surface area contributed by atoms with Crippen LogP contribution in [0.4, 0.5) is 0 Å². The van der Waals surface area contributed by atoms with Gasteiger partial charge in [-0.25, -0.2) is 4.98 Å². The van der Waals surface area contributed by atoms with Gasteiger partial charge in [-0.15, -0.1) is 0 Å². The van der Waals surface area contributed by atoms with Gasteiger partial charge in [0.15, 0.2) is 0 Å². The van der Waals surface area contributed by atoms with Crippen LogP contribution >= 0.6 is 0 Å². The Morgan fingerprint density at radius 3 is 2.72 bits per heavy atom. The number of rotatable bonds is 3. The van der Waals surface area contributed by atoms with E-state index in [0.717, 1.165) is 42.5 Å². The molecule has 1 fully saturated rings. The van der Waals surface area contributed by atoms with Gasteiger partial charge in [0, 0.05) is 6.42 Å². The summed E-state index contributed by atoms with van der Waals surface area (Å²) in [6, 6.07) is 7.80. The average molecular weight is 244 g/mol. The van der Waals surface area contributed by atoms with Crippen molar-refractivity contribution in [1.82, 2.24) is 9.97 Å². The number of hydrogen-bond donors (Lipinski definition) is 2. The second-order valence-electron chi connectivity index (χ2n) is 5.17. The topological polar surface area (TPSA) is 66.0 Å². The lowest BCUT2D eigenvalue weighted by molar-refractivity contribution is -0.148. The van der Waals surface area contributed by atoms with Gasteiger partial charge < -0.3 is 10.1 Å². The van der Waals surface area contributed by atoms with Crippen molar-refractivity contribution in [1.29, 1.82) is 0 Å². The van der Waals surface area contributed by atoms with Gasteiger partial charge in [0.05, 0.1) is 16.4 Å². The van der Waals surface area contributed by atoms with Crippen LogP contribution in [0.15, 0.2) is 24.3 Å². The summed E-state index contributed by atoms with van der Waals surface area (Å²) in [5.74, 6) is 0.112. The maximum atomic E-state index is 11.5.